The standard InChI is InChI=1S/C21H18Cl3N3O4/c1-3-8-31-21-15(23)9-13(10-17(21)30-4-2)12-25-27-19(29)11-18(28)26-16-7-5-6-14(22)20(16)24/h1,5-7,9-10,12H,4,8,11H2,2H3,(H,26,28)(H,27,29). The highest BCUT2D eigenvalue weighted by molar-refractivity contribution is 6.44. The van der Waals surface area contributed by atoms with Gasteiger partial charge in [0.1, 0.15) is 13.0 Å². The van der Waals surface area contributed by atoms with Crippen LogP contribution >= 0.6 is 34.8 Å². The quantitative estimate of drug-likeness (QED) is 0.238. The number of anilines is 1. The van der Waals surface area contributed by atoms with Crippen molar-refractivity contribution in [2.24, 2.45) is 5.10 Å². The molecule has 0 aliphatic carbocycles. The normalized spacial score (nSPS) is 10.4. The number of rotatable bonds is 9. The van der Waals surface area contributed by atoms with Crippen molar-refractivity contribution in [2.45, 2.75) is 13.3 Å². The van der Waals surface area contributed by atoms with E-state index in [0.29, 0.717) is 29.4 Å². The van der Waals surface area contributed by atoms with E-state index >= 15 is 0 Å². The molecule has 0 unspecified atom stereocenters. The molecule has 0 bridgehead atoms. The van der Waals surface area contributed by atoms with Gasteiger partial charge in [-0.15, -0.1) is 6.42 Å². The Bertz CT molecular complexity index is 1040. The van der Waals surface area contributed by atoms with Gasteiger partial charge in [-0.25, -0.2) is 5.43 Å². The van der Waals surface area contributed by atoms with Crippen LogP contribution in [0.15, 0.2) is 35.4 Å². The van der Waals surface area contributed by atoms with Gasteiger partial charge in [0.05, 0.1) is 33.6 Å². The third kappa shape index (κ3) is 7.37. The van der Waals surface area contributed by atoms with E-state index < -0.39 is 18.2 Å². The Morgan fingerprint density at radius 2 is 1.94 bits per heavy atom. The molecule has 31 heavy (non-hydrogen) atoms. The highest BCUT2D eigenvalue weighted by atomic mass is 35.5. The lowest BCUT2D eigenvalue weighted by atomic mass is 10.2. The Labute approximate surface area is 194 Å². The van der Waals surface area contributed by atoms with Gasteiger partial charge in [-0.1, -0.05) is 46.8 Å². The zero-order chi connectivity index (χ0) is 22.8. The fourth-order valence-electron chi connectivity index (χ4n) is 2.34. The molecule has 0 spiro atoms. The van der Waals surface area contributed by atoms with Gasteiger partial charge in [-0.3, -0.25) is 9.59 Å². The molecule has 0 saturated carbocycles. The molecule has 2 aromatic rings. The lowest BCUT2D eigenvalue weighted by molar-refractivity contribution is -0.126. The number of nitrogens with zero attached hydrogens (tertiary/aromatic N) is 1. The zero-order valence-corrected chi connectivity index (χ0v) is 18.6. The Balaban J connectivity index is 1.98. The van der Waals surface area contributed by atoms with Gasteiger partial charge < -0.3 is 14.8 Å². The Kier molecular flexibility index (Phi) is 9.47. The van der Waals surface area contributed by atoms with Gasteiger partial charge in [-0.2, -0.15) is 5.10 Å². The number of hydrogen-bond donors (Lipinski definition) is 2. The van der Waals surface area contributed by atoms with E-state index in [9.17, 15) is 9.59 Å². The van der Waals surface area contributed by atoms with Gasteiger partial charge in [-0.05, 0) is 36.8 Å². The number of amides is 2. The fraction of sp³-hybridized carbons (Fsp3) is 0.190. The second kappa shape index (κ2) is 12.1. The predicted octanol–water partition coefficient (Wildman–Crippen LogP) is 4.54. The van der Waals surface area contributed by atoms with Crippen LogP contribution in [0, 0.1) is 12.3 Å². The average Bonchev–Trinajstić information content (AvgIpc) is 2.71. The second-order valence-electron chi connectivity index (χ2n) is 5.88. The van der Waals surface area contributed by atoms with Gasteiger partial charge >= 0.3 is 0 Å². The van der Waals surface area contributed by atoms with Crippen molar-refractivity contribution in [3.05, 3.63) is 51.0 Å². The van der Waals surface area contributed by atoms with Crippen LogP contribution in [0.2, 0.25) is 15.1 Å². The number of benzene rings is 2. The number of terminal acetylenes is 1. The minimum absolute atomic E-state index is 0.0335. The van der Waals surface area contributed by atoms with Crippen LogP contribution in [-0.2, 0) is 9.59 Å². The van der Waals surface area contributed by atoms with Crippen LogP contribution in [0.3, 0.4) is 0 Å². The first-order valence-corrected chi connectivity index (χ1v) is 10.1. The first-order chi connectivity index (χ1) is 14.8. The molecule has 2 N–H and O–H groups in total. The zero-order valence-electron chi connectivity index (χ0n) is 16.4. The van der Waals surface area contributed by atoms with Crippen LogP contribution in [-0.4, -0.2) is 31.2 Å². The molecule has 0 atom stereocenters. The van der Waals surface area contributed by atoms with E-state index in [1.54, 1.807) is 30.3 Å². The summed E-state index contributed by atoms with van der Waals surface area (Å²) >= 11 is 18.1. The summed E-state index contributed by atoms with van der Waals surface area (Å²) in [7, 11) is 0. The minimum Gasteiger partial charge on any atom is -0.490 e. The molecule has 0 aromatic heterocycles. The number of carbonyl (C=O) groups is 2. The number of hydrazone groups is 1. The van der Waals surface area contributed by atoms with Crippen LogP contribution in [0.5, 0.6) is 11.5 Å². The van der Waals surface area contributed by atoms with E-state index in [1.165, 1.54) is 6.21 Å². The largest absolute Gasteiger partial charge is 0.490 e. The summed E-state index contributed by atoms with van der Waals surface area (Å²) < 4.78 is 10.9. The smallest absolute Gasteiger partial charge is 0.249 e. The third-order valence-electron chi connectivity index (χ3n) is 3.58. The van der Waals surface area contributed by atoms with Crippen LogP contribution in [0.4, 0.5) is 5.69 Å². The van der Waals surface area contributed by atoms with Crippen LogP contribution in [0.25, 0.3) is 0 Å². The van der Waals surface area contributed by atoms with E-state index in [2.05, 4.69) is 21.8 Å². The van der Waals surface area contributed by atoms with E-state index in [4.69, 9.17) is 50.7 Å². The van der Waals surface area contributed by atoms with Crippen molar-refractivity contribution in [3.8, 4) is 23.8 Å². The van der Waals surface area contributed by atoms with E-state index in [0.717, 1.165) is 0 Å². The molecule has 10 heteroatoms. The van der Waals surface area contributed by atoms with Gasteiger partial charge in [0.15, 0.2) is 11.5 Å². The van der Waals surface area contributed by atoms with Crippen molar-refractivity contribution in [1.29, 1.82) is 0 Å². The first kappa shape index (κ1) is 24.4. The maximum absolute atomic E-state index is 12.0. The summed E-state index contributed by atoms with van der Waals surface area (Å²) in [4.78, 5) is 24.0. The monoisotopic (exact) mass is 481 g/mol. The van der Waals surface area contributed by atoms with Gasteiger partial charge in [0, 0.05) is 0 Å². The SMILES string of the molecule is C#CCOc1c(Cl)cc(C=NNC(=O)CC(=O)Nc2cccc(Cl)c2Cl)cc1OCC. The molecule has 0 radical (unpaired) electrons. The minimum atomic E-state index is -0.628. The Hall–Kier alpha value is -2.92. The van der Waals surface area contributed by atoms with Crippen molar-refractivity contribution in [3.63, 3.8) is 0 Å². The topological polar surface area (TPSA) is 89.0 Å². The molecule has 0 fully saturated rings. The summed E-state index contributed by atoms with van der Waals surface area (Å²) in [6, 6.07) is 7.97. The number of nitrogens with one attached hydrogen (secondary N) is 2. The lowest BCUT2D eigenvalue weighted by Gasteiger charge is -2.12. The van der Waals surface area contributed by atoms with Crippen molar-refractivity contribution >= 4 is 58.5 Å². The summed E-state index contributed by atoms with van der Waals surface area (Å²) in [6.07, 6.45) is 6.09. The number of halogens is 3. The lowest BCUT2D eigenvalue weighted by Crippen LogP contribution is -2.24. The predicted molar refractivity (Wildman–Crippen MR) is 122 cm³/mol. The Morgan fingerprint density at radius 1 is 1.16 bits per heavy atom. The molecular weight excluding hydrogens is 465 g/mol. The van der Waals surface area contributed by atoms with Crippen LogP contribution in [0.1, 0.15) is 18.9 Å². The molecule has 162 valence electrons. The van der Waals surface area contributed by atoms with Crippen molar-refractivity contribution in [2.75, 3.05) is 18.5 Å². The van der Waals surface area contributed by atoms with Gasteiger partial charge in [0.25, 0.3) is 0 Å². The molecule has 2 rings (SSSR count). The molecule has 2 aromatic carbocycles. The number of hydrogen-bond acceptors (Lipinski definition) is 5. The van der Waals surface area contributed by atoms with Crippen molar-refractivity contribution in [1.82, 2.24) is 5.43 Å². The first-order valence-electron chi connectivity index (χ1n) is 8.94. The maximum Gasteiger partial charge on any atom is 0.249 e. The molecule has 7 nitrogen and oxygen atoms in total. The van der Waals surface area contributed by atoms with Gasteiger partial charge in [0.2, 0.25) is 11.8 Å². The molecular formula is C21H18Cl3N3O4. The number of carbonyl (C=O) groups excluding carboxylic acids is 2. The maximum atomic E-state index is 12.0. The highest BCUT2D eigenvalue weighted by Crippen LogP contribution is 2.36. The molecule has 0 heterocycles. The van der Waals surface area contributed by atoms with Crippen LogP contribution < -0.4 is 20.2 Å². The Morgan fingerprint density at radius 3 is 2.65 bits per heavy atom. The summed E-state index contributed by atoms with van der Waals surface area (Å²) in [6.45, 7) is 2.22. The van der Waals surface area contributed by atoms with Crippen molar-refractivity contribution < 1.29 is 19.1 Å². The highest BCUT2D eigenvalue weighted by Gasteiger charge is 2.13. The summed E-state index contributed by atoms with van der Waals surface area (Å²) in [5.74, 6) is 1.85. The van der Waals surface area contributed by atoms with E-state index in [1.807, 2.05) is 6.92 Å². The summed E-state index contributed by atoms with van der Waals surface area (Å²) in [5, 5.41) is 7.08. The molecule has 0 aliphatic heterocycles. The molecule has 0 aliphatic rings. The molecule has 0 saturated heterocycles. The molecule has 2 amide bonds. The summed E-state index contributed by atoms with van der Waals surface area (Å²) in [5.41, 5.74) is 3.11. The number of ether oxygens (including phenoxy) is 2. The second-order valence-corrected chi connectivity index (χ2v) is 7.07. The third-order valence-corrected chi connectivity index (χ3v) is 4.68. The average molecular weight is 483 g/mol. The fourth-order valence-corrected chi connectivity index (χ4v) is 2.96. The van der Waals surface area contributed by atoms with E-state index in [-0.39, 0.29) is 21.7 Å².